The first-order valence-electron chi connectivity index (χ1n) is 22.9. The Hall–Kier alpha value is -2.33. The highest BCUT2D eigenvalue weighted by Gasteiger charge is 2.70. The summed E-state index contributed by atoms with van der Waals surface area (Å²) >= 11 is 0. The van der Waals surface area contributed by atoms with Crippen LogP contribution in [0.25, 0.3) is 5.57 Å². The lowest BCUT2D eigenvalue weighted by Crippen LogP contribution is -2.68. The summed E-state index contributed by atoms with van der Waals surface area (Å²) in [4.78, 5) is 27.1. The summed E-state index contributed by atoms with van der Waals surface area (Å²) < 4.78 is 30.8. The van der Waals surface area contributed by atoms with Gasteiger partial charge >= 0.3 is 11.9 Å². The zero-order valence-corrected chi connectivity index (χ0v) is 38.0. The lowest BCUT2D eigenvalue weighted by atomic mass is 9.33. The summed E-state index contributed by atoms with van der Waals surface area (Å²) in [6.45, 7) is 23.0. The molecule has 0 radical (unpaired) electrons. The molecule has 5 aliphatic carbocycles. The third-order valence-corrected chi connectivity index (χ3v) is 20.2. The Morgan fingerprint density at radius 3 is 2.23 bits per heavy atom. The fourth-order valence-electron chi connectivity index (χ4n) is 15.1. The van der Waals surface area contributed by atoms with E-state index < -0.39 is 53.2 Å². The first-order chi connectivity index (χ1) is 28.6. The van der Waals surface area contributed by atoms with Gasteiger partial charge in [-0.15, -0.1) is 0 Å². The summed E-state index contributed by atoms with van der Waals surface area (Å²) in [6.07, 6.45) is 3.94. The molecule has 12 nitrogen and oxygen atoms in total. The molecule has 1 unspecified atom stereocenters. The summed E-state index contributed by atoms with van der Waals surface area (Å²) in [5.41, 5.74) is 4.35. The molecule has 0 aromatic heterocycles. The first kappa shape index (κ1) is 45.2. The number of carbonyl (C=O) groups excluding carboxylic acids is 1. The highest BCUT2D eigenvalue weighted by molar-refractivity contribution is 8.24. The highest BCUT2D eigenvalue weighted by Crippen LogP contribution is 2.76. The van der Waals surface area contributed by atoms with Gasteiger partial charge in [-0.2, -0.15) is 10.6 Å². The summed E-state index contributed by atoms with van der Waals surface area (Å²) in [5.74, 6) is 1.36. The second-order valence-corrected chi connectivity index (χ2v) is 24.0. The Labute approximate surface area is 363 Å². The number of carbonyl (C=O) groups is 2. The molecule has 13 heteroatoms. The van der Waals surface area contributed by atoms with Crippen molar-refractivity contribution in [1.29, 1.82) is 0 Å². The molecule has 2 saturated heterocycles. The van der Waals surface area contributed by atoms with Crippen LogP contribution < -0.4 is 5.32 Å². The molecule has 6 fully saturated rings. The molecule has 1 aromatic rings. The van der Waals surface area contributed by atoms with Crippen molar-refractivity contribution in [2.75, 3.05) is 37.7 Å². The van der Waals surface area contributed by atoms with Crippen LogP contribution in [0.4, 0.5) is 0 Å². The van der Waals surface area contributed by atoms with E-state index in [1.807, 2.05) is 12.1 Å². The number of hydrogen-bond donors (Lipinski definition) is 7. The van der Waals surface area contributed by atoms with Crippen molar-refractivity contribution in [3.8, 4) is 0 Å². The predicted molar refractivity (Wildman–Crippen MR) is 236 cm³/mol. The molecular formula is C48H72N2O10S. The minimum atomic E-state index is -2.40. The maximum absolute atomic E-state index is 13.2. The molecule has 2 heterocycles. The molecule has 1 aromatic carbocycles. The Kier molecular flexibility index (Phi) is 11.9. The smallest absolute Gasteiger partial charge is 0.340 e. The maximum Gasteiger partial charge on any atom is 0.340 e. The van der Waals surface area contributed by atoms with E-state index in [-0.39, 0.29) is 32.8 Å². The number of nitrogens with one attached hydrogen (secondary N) is 1. The maximum atomic E-state index is 13.2. The number of ether oxygens (including phenoxy) is 2. The van der Waals surface area contributed by atoms with Crippen LogP contribution in [0.5, 0.6) is 0 Å². The van der Waals surface area contributed by atoms with Crippen LogP contribution in [-0.2, 0) is 14.3 Å². The number of benzene rings is 1. The van der Waals surface area contributed by atoms with Crippen LogP contribution in [-0.4, -0.2) is 120 Å². The average Bonchev–Trinajstić information content (AvgIpc) is 3.59. The molecule has 61 heavy (non-hydrogen) atoms. The van der Waals surface area contributed by atoms with Crippen LogP contribution in [0.1, 0.15) is 115 Å². The number of fused-ring (bicyclic) bond motifs is 7. The number of aliphatic carboxylic acids is 1. The number of aliphatic hydroxyl groups excluding tert-OH is 3. The number of rotatable bonds is 9. The number of carboxylic acids is 1. The van der Waals surface area contributed by atoms with Gasteiger partial charge in [0.2, 0.25) is 6.29 Å². The van der Waals surface area contributed by atoms with E-state index in [0.717, 1.165) is 44.6 Å². The zero-order chi connectivity index (χ0) is 44.1. The van der Waals surface area contributed by atoms with Gasteiger partial charge in [0, 0.05) is 31.7 Å². The Morgan fingerprint density at radius 1 is 0.885 bits per heavy atom. The second-order valence-electron chi connectivity index (χ2n) is 21.6. The molecule has 8 rings (SSSR count). The third-order valence-electron chi connectivity index (χ3n) is 18.5. The van der Waals surface area contributed by atoms with Gasteiger partial charge in [0.1, 0.15) is 18.3 Å². The predicted octanol–water partition coefficient (Wildman–Crippen LogP) is 6.79. The van der Waals surface area contributed by atoms with Crippen molar-refractivity contribution in [3.63, 3.8) is 0 Å². The Balaban J connectivity index is 0.986. The van der Waals surface area contributed by atoms with Crippen molar-refractivity contribution in [2.24, 2.45) is 51.2 Å². The molecule has 0 bridgehead atoms. The summed E-state index contributed by atoms with van der Waals surface area (Å²) in [5, 5.41) is 44.2. The molecule has 14 atom stereocenters. The number of hydrogen-bond acceptors (Lipinski definition) is 11. The van der Waals surface area contributed by atoms with Crippen LogP contribution in [0, 0.1) is 51.2 Å². The normalized spacial score (nSPS) is 44.6. The average molecular weight is 869 g/mol. The topological polar surface area (TPSA) is 189 Å². The van der Waals surface area contributed by atoms with Gasteiger partial charge in [-0.05, 0) is 139 Å². The highest BCUT2D eigenvalue weighted by atomic mass is 32.3. The molecular weight excluding hydrogens is 797 g/mol. The molecule has 2 aliphatic heterocycles. The fraction of sp³-hybridized carbons (Fsp3) is 0.750. The fourth-order valence-corrected chi connectivity index (χ4v) is 16.4. The van der Waals surface area contributed by atoms with Crippen molar-refractivity contribution in [1.82, 2.24) is 10.2 Å². The SMILES string of the molecule is C=C(C)[C@@H]1CC[C@]2(NCCN3CCS(O)(O)CC3)CC[C@]3(C)[C@H](CC[C@@H]4[C@@]5(C)CC=C(c6ccc(C(=O)O[C@H]7O[C@H](C(=O)O)[C@@H](O)[C@H](O)C7O)cc6)C(C)(C)[C@@H]5CC[C@]43C)[C@@H]12. The quantitative estimate of drug-likeness (QED) is 0.102. The standard InChI is InChI=1S/C48H72N2O10S/c1-28(2)31-14-19-48(49-22-23-50-24-26-61(57,58)27-25-50)21-20-46(6)33(36(31)48)12-13-35-45(5)17-15-32(44(3,4)34(45)16-18-47(35,46)7)29-8-10-30(11-9-29)42(56)60-43-39(53)37(51)38(52)40(59-43)41(54)55/h8-11,15,31,33-40,43,49,51-53,57-58H,1,12-14,16-27H2,2-7H3,(H,54,55)/t31-,33+,34-,35+,36+,37-,38-,39?,40-,43+,45-,46+,47+,48-/m0/s1. The van der Waals surface area contributed by atoms with Gasteiger partial charge in [-0.25, -0.2) is 9.59 Å². The van der Waals surface area contributed by atoms with Gasteiger partial charge < -0.3 is 35.2 Å². The number of allylic oxidation sites excluding steroid dienone is 3. The van der Waals surface area contributed by atoms with E-state index in [2.05, 4.69) is 64.4 Å². The number of carboxylic acid groups (broad SMARTS) is 1. The molecule has 7 aliphatic rings. The van der Waals surface area contributed by atoms with Crippen LogP contribution in [0.15, 0.2) is 42.5 Å². The number of aliphatic hydroxyl groups is 3. The van der Waals surface area contributed by atoms with E-state index in [1.54, 1.807) is 12.1 Å². The third kappa shape index (κ3) is 7.38. The Bertz CT molecular complexity index is 1900. The molecule has 0 spiro atoms. The van der Waals surface area contributed by atoms with E-state index in [0.29, 0.717) is 41.1 Å². The van der Waals surface area contributed by atoms with Gasteiger partial charge in [0.25, 0.3) is 0 Å². The molecule has 7 N–H and O–H groups in total. The van der Waals surface area contributed by atoms with Crippen LogP contribution in [0.3, 0.4) is 0 Å². The largest absolute Gasteiger partial charge is 0.479 e. The lowest BCUT2D eigenvalue weighted by Gasteiger charge is -2.72. The number of nitrogens with zero attached hydrogens (tertiary/aromatic N) is 1. The van der Waals surface area contributed by atoms with Crippen molar-refractivity contribution >= 4 is 28.1 Å². The van der Waals surface area contributed by atoms with E-state index in [4.69, 9.17) is 9.47 Å². The molecule has 4 saturated carbocycles. The Morgan fingerprint density at radius 2 is 1.57 bits per heavy atom. The molecule has 340 valence electrons. The van der Waals surface area contributed by atoms with Gasteiger partial charge in [0.15, 0.2) is 6.10 Å². The second kappa shape index (κ2) is 16.0. The van der Waals surface area contributed by atoms with E-state index >= 15 is 0 Å². The summed E-state index contributed by atoms with van der Waals surface area (Å²) in [6, 6.07) is 7.18. The van der Waals surface area contributed by atoms with Crippen LogP contribution in [0.2, 0.25) is 0 Å². The van der Waals surface area contributed by atoms with E-state index in [9.17, 15) is 39.1 Å². The van der Waals surface area contributed by atoms with Gasteiger partial charge in [-0.3, -0.25) is 14.0 Å². The monoisotopic (exact) mass is 868 g/mol. The first-order valence-corrected chi connectivity index (χ1v) is 24.8. The van der Waals surface area contributed by atoms with Crippen LogP contribution >= 0.6 is 10.6 Å². The van der Waals surface area contributed by atoms with Crippen molar-refractivity contribution in [2.45, 2.75) is 136 Å². The lowest BCUT2D eigenvalue weighted by molar-refractivity contribution is -0.278. The van der Waals surface area contributed by atoms with Gasteiger partial charge in [0.05, 0.1) is 17.1 Å². The van der Waals surface area contributed by atoms with Crippen molar-refractivity contribution < 1.29 is 48.6 Å². The molecule has 0 amide bonds. The van der Waals surface area contributed by atoms with Crippen molar-refractivity contribution in [3.05, 3.63) is 53.6 Å². The van der Waals surface area contributed by atoms with Gasteiger partial charge in [-0.1, -0.05) is 65.0 Å². The zero-order valence-electron chi connectivity index (χ0n) is 37.1. The minimum absolute atomic E-state index is 0.119. The summed E-state index contributed by atoms with van der Waals surface area (Å²) in [7, 11) is -2.40. The number of esters is 1. The van der Waals surface area contributed by atoms with E-state index in [1.165, 1.54) is 56.1 Å². The minimum Gasteiger partial charge on any atom is -0.479 e.